The van der Waals surface area contributed by atoms with Gasteiger partial charge in [-0.15, -0.1) is 0 Å². The number of benzene rings is 1. The third kappa shape index (κ3) is 2.69. The predicted octanol–water partition coefficient (Wildman–Crippen LogP) is 2.02. The van der Waals surface area contributed by atoms with Crippen molar-refractivity contribution < 1.29 is 23.1 Å². The molecule has 1 aliphatic heterocycles. The van der Waals surface area contributed by atoms with E-state index < -0.39 is 35.7 Å². The van der Waals surface area contributed by atoms with Crippen molar-refractivity contribution in [1.29, 1.82) is 0 Å². The first kappa shape index (κ1) is 14.9. The van der Waals surface area contributed by atoms with Crippen LogP contribution in [0.3, 0.4) is 0 Å². The Morgan fingerprint density at radius 3 is 2.55 bits per heavy atom. The Morgan fingerprint density at radius 2 is 2.05 bits per heavy atom. The van der Waals surface area contributed by atoms with E-state index in [4.69, 9.17) is 10.5 Å². The van der Waals surface area contributed by atoms with Crippen LogP contribution in [-0.4, -0.2) is 24.6 Å². The molecule has 0 spiro atoms. The Labute approximate surface area is 127 Å². The molecule has 0 bridgehead atoms. The van der Waals surface area contributed by atoms with Gasteiger partial charge in [-0.05, 0) is 41.6 Å². The summed E-state index contributed by atoms with van der Waals surface area (Å²) in [5.74, 6) is -2.81. The third-order valence-electron chi connectivity index (χ3n) is 3.12. The van der Waals surface area contributed by atoms with Gasteiger partial charge in [-0.1, -0.05) is 0 Å². The Bertz CT molecular complexity index is 559. The highest BCUT2D eigenvalue weighted by Crippen LogP contribution is 2.28. The molecular weight excluding hydrogens is 385 g/mol. The number of hydrogen-bond donors (Lipinski definition) is 1. The first-order valence-corrected chi connectivity index (χ1v) is 6.81. The molecule has 2 rings (SSSR count). The highest BCUT2D eigenvalue weighted by Gasteiger charge is 2.38. The van der Waals surface area contributed by atoms with Crippen LogP contribution >= 0.6 is 22.6 Å². The number of amides is 2. The van der Waals surface area contributed by atoms with Crippen LogP contribution in [0.15, 0.2) is 12.1 Å². The molecule has 20 heavy (non-hydrogen) atoms. The zero-order valence-electron chi connectivity index (χ0n) is 10.4. The number of carbonyl (C=O) groups is 2. The van der Waals surface area contributed by atoms with Crippen LogP contribution in [0.2, 0.25) is 0 Å². The minimum Gasteiger partial charge on any atom is -0.443 e. The molecule has 8 heteroatoms. The molecule has 1 aromatic carbocycles. The number of hydrogen-bond acceptors (Lipinski definition) is 3. The fourth-order valence-corrected chi connectivity index (χ4v) is 2.15. The van der Waals surface area contributed by atoms with E-state index in [9.17, 15) is 18.4 Å². The number of nitrogens with zero attached hydrogens (tertiary/aromatic N) is 1. The molecule has 2 atom stereocenters. The summed E-state index contributed by atoms with van der Waals surface area (Å²) in [7, 11) is 0. The molecular formula is C12H11F2IN2O3. The molecule has 0 aromatic heterocycles. The van der Waals surface area contributed by atoms with Crippen molar-refractivity contribution in [1.82, 2.24) is 0 Å². The molecule has 0 saturated carbocycles. The largest absolute Gasteiger partial charge is 0.443 e. The van der Waals surface area contributed by atoms with Gasteiger partial charge >= 0.3 is 6.09 Å². The van der Waals surface area contributed by atoms with Gasteiger partial charge in [0.15, 0.2) is 0 Å². The van der Waals surface area contributed by atoms with E-state index in [1.807, 2.05) is 0 Å². The number of nitrogens with two attached hydrogens (primary N) is 1. The number of halogens is 3. The van der Waals surface area contributed by atoms with Crippen molar-refractivity contribution in [3.8, 4) is 0 Å². The minimum atomic E-state index is -0.764. The maximum Gasteiger partial charge on any atom is 0.414 e. The average Bonchev–Trinajstić information content (AvgIpc) is 2.76. The molecule has 0 aliphatic carbocycles. The second-order valence-corrected chi connectivity index (χ2v) is 5.53. The zero-order valence-corrected chi connectivity index (χ0v) is 12.6. The number of cyclic esters (lactones) is 1. The van der Waals surface area contributed by atoms with Crippen LogP contribution in [0, 0.1) is 21.1 Å². The number of ether oxygens (including phenoxy) is 1. The second-order valence-electron chi connectivity index (χ2n) is 4.45. The molecule has 2 amide bonds. The van der Waals surface area contributed by atoms with Crippen LogP contribution in [0.1, 0.15) is 6.92 Å². The molecule has 5 nitrogen and oxygen atoms in total. The van der Waals surface area contributed by atoms with Gasteiger partial charge in [0, 0.05) is 0 Å². The first-order chi connectivity index (χ1) is 9.31. The number of rotatable bonds is 3. The highest BCUT2D eigenvalue weighted by atomic mass is 127. The Hall–Kier alpha value is -1.45. The van der Waals surface area contributed by atoms with Crippen LogP contribution < -0.4 is 10.6 Å². The number of carbonyl (C=O) groups excluding carboxylic acids is 2. The van der Waals surface area contributed by atoms with Gasteiger partial charge in [0.05, 0.1) is 21.7 Å². The van der Waals surface area contributed by atoms with Crippen molar-refractivity contribution in [3.63, 3.8) is 0 Å². The summed E-state index contributed by atoms with van der Waals surface area (Å²) in [5.41, 5.74) is 5.19. The van der Waals surface area contributed by atoms with E-state index in [1.54, 1.807) is 0 Å². The van der Waals surface area contributed by atoms with Crippen molar-refractivity contribution in [2.45, 2.75) is 13.0 Å². The monoisotopic (exact) mass is 396 g/mol. The van der Waals surface area contributed by atoms with Gasteiger partial charge in [-0.2, -0.15) is 0 Å². The third-order valence-corrected chi connectivity index (χ3v) is 4.15. The van der Waals surface area contributed by atoms with E-state index in [0.717, 1.165) is 17.0 Å². The smallest absolute Gasteiger partial charge is 0.414 e. The Balaban J connectivity index is 2.26. The van der Waals surface area contributed by atoms with Crippen LogP contribution in [0.4, 0.5) is 19.3 Å². The first-order valence-electron chi connectivity index (χ1n) is 5.73. The summed E-state index contributed by atoms with van der Waals surface area (Å²) in [4.78, 5) is 23.9. The molecule has 1 saturated heterocycles. The Kier molecular flexibility index (Phi) is 4.11. The summed E-state index contributed by atoms with van der Waals surface area (Å²) in [6.45, 7) is 1.54. The SMILES string of the molecule is CC(C(N)=O)C1CN(c2cc(F)c(I)c(F)c2)C(=O)O1. The van der Waals surface area contributed by atoms with Crippen molar-refractivity contribution >= 4 is 40.3 Å². The van der Waals surface area contributed by atoms with Crippen molar-refractivity contribution in [2.24, 2.45) is 11.7 Å². The summed E-state index contributed by atoms with van der Waals surface area (Å²) in [5, 5.41) is 0. The van der Waals surface area contributed by atoms with Gasteiger partial charge in [0.1, 0.15) is 17.7 Å². The van der Waals surface area contributed by atoms with Crippen LogP contribution in [0.5, 0.6) is 0 Å². The summed E-state index contributed by atoms with van der Waals surface area (Å²) in [6, 6.07) is 2.09. The number of anilines is 1. The van der Waals surface area contributed by atoms with Crippen molar-refractivity contribution in [2.75, 3.05) is 11.4 Å². The molecule has 1 aromatic rings. The summed E-state index contributed by atoms with van der Waals surface area (Å²) < 4.78 is 31.9. The van der Waals surface area contributed by atoms with Crippen molar-refractivity contribution in [3.05, 3.63) is 27.3 Å². The lowest BCUT2D eigenvalue weighted by Gasteiger charge is -2.15. The molecule has 1 heterocycles. The van der Waals surface area contributed by atoms with Crippen LogP contribution in [0.25, 0.3) is 0 Å². The van der Waals surface area contributed by atoms with E-state index in [0.29, 0.717) is 0 Å². The standard InChI is InChI=1S/C12H11F2IN2O3/c1-5(11(16)18)9-4-17(12(19)20-9)6-2-7(13)10(15)8(14)3-6/h2-3,5,9H,4H2,1H3,(H2,16,18). The van der Waals surface area contributed by atoms with Gasteiger partial charge < -0.3 is 10.5 Å². The van der Waals surface area contributed by atoms with Crippen LogP contribution in [-0.2, 0) is 9.53 Å². The lowest BCUT2D eigenvalue weighted by Crippen LogP contribution is -2.34. The van der Waals surface area contributed by atoms with E-state index in [1.165, 1.54) is 29.5 Å². The quantitative estimate of drug-likeness (QED) is 0.628. The fourth-order valence-electron chi connectivity index (χ4n) is 1.84. The lowest BCUT2D eigenvalue weighted by atomic mass is 10.0. The van der Waals surface area contributed by atoms with E-state index in [2.05, 4.69) is 0 Å². The van der Waals surface area contributed by atoms with E-state index in [-0.39, 0.29) is 15.8 Å². The Morgan fingerprint density at radius 1 is 1.50 bits per heavy atom. The van der Waals surface area contributed by atoms with E-state index >= 15 is 0 Å². The molecule has 2 unspecified atom stereocenters. The zero-order chi connectivity index (χ0) is 15.0. The second kappa shape index (κ2) is 5.51. The lowest BCUT2D eigenvalue weighted by molar-refractivity contribution is -0.123. The molecule has 108 valence electrons. The maximum atomic E-state index is 13.5. The van der Waals surface area contributed by atoms with Gasteiger partial charge in [-0.3, -0.25) is 9.69 Å². The summed E-state index contributed by atoms with van der Waals surface area (Å²) >= 11 is 1.53. The molecule has 1 fully saturated rings. The van der Waals surface area contributed by atoms with Gasteiger partial charge in [0.2, 0.25) is 5.91 Å². The van der Waals surface area contributed by atoms with Gasteiger partial charge in [-0.25, -0.2) is 13.6 Å². The molecule has 2 N–H and O–H groups in total. The molecule has 1 aliphatic rings. The number of primary amides is 1. The van der Waals surface area contributed by atoms with Gasteiger partial charge in [0.25, 0.3) is 0 Å². The highest BCUT2D eigenvalue weighted by molar-refractivity contribution is 14.1. The average molecular weight is 396 g/mol. The normalized spacial score (nSPS) is 19.9. The topological polar surface area (TPSA) is 72.6 Å². The summed E-state index contributed by atoms with van der Waals surface area (Å²) in [6.07, 6.45) is -1.49. The fraction of sp³-hybridized carbons (Fsp3) is 0.333. The maximum absolute atomic E-state index is 13.5. The molecule has 0 radical (unpaired) electrons. The predicted molar refractivity (Wildman–Crippen MR) is 75.0 cm³/mol. The minimum absolute atomic E-state index is 0.0163.